The molecular weight excluding hydrogens is 504 g/mol. The molecule has 38 heavy (non-hydrogen) atoms. The van der Waals surface area contributed by atoms with Crippen LogP contribution in [0.3, 0.4) is 0 Å². The lowest BCUT2D eigenvalue weighted by Crippen LogP contribution is -2.38. The fourth-order valence-corrected chi connectivity index (χ4v) is 4.17. The minimum atomic E-state index is -0.372. The van der Waals surface area contributed by atoms with Crippen LogP contribution >= 0.6 is 11.6 Å². The van der Waals surface area contributed by atoms with Crippen molar-refractivity contribution in [2.75, 3.05) is 32.6 Å². The molecule has 4 rings (SSSR count). The average molecular weight is 533 g/mol. The Kier molecular flexibility index (Phi) is 8.33. The zero-order valence-corrected chi connectivity index (χ0v) is 22.5. The van der Waals surface area contributed by atoms with E-state index in [-0.39, 0.29) is 18.4 Å². The van der Waals surface area contributed by atoms with Crippen LogP contribution in [0.5, 0.6) is 11.5 Å². The fraction of sp³-hybridized carbons (Fsp3) is 0.207. The van der Waals surface area contributed by atoms with Gasteiger partial charge in [-0.25, -0.2) is 4.98 Å². The molecule has 0 aliphatic rings. The molecule has 0 radical (unpaired) electrons. The van der Waals surface area contributed by atoms with Crippen LogP contribution in [0, 0.1) is 6.92 Å². The van der Waals surface area contributed by atoms with E-state index in [2.05, 4.69) is 10.3 Å². The summed E-state index contributed by atoms with van der Waals surface area (Å²) < 4.78 is 12.6. The maximum atomic E-state index is 13.2. The molecule has 0 saturated heterocycles. The number of ether oxygens (including phenoxy) is 2. The summed E-state index contributed by atoms with van der Waals surface area (Å²) in [6, 6.07) is 20.0. The maximum Gasteiger partial charge on any atom is 0.254 e. The number of imidazole rings is 1. The number of carbonyl (C=O) groups is 2. The van der Waals surface area contributed by atoms with Crippen LogP contribution in [0.25, 0.3) is 16.9 Å². The minimum absolute atomic E-state index is 0.126. The van der Waals surface area contributed by atoms with Crippen molar-refractivity contribution < 1.29 is 19.1 Å². The summed E-state index contributed by atoms with van der Waals surface area (Å²) in [6.45, 7) is 3.96. The lowest BCUT2D eigenvalue weighted by molar-refractivity contribution is -0.116. The summed E-state index contributed by atoms with van der Waals surface area (Å²) >= 11 is 6.06. The van der Waals surface area contributed by atoms with Gasteiger partial charge in [-0.1, -0.05) is 41.9 Å². The zero-order chi connectivity index (χ0) is 27.2. The molecule has 9 heteroatoms. The van der Waals surface area contributed by atoms with E-state index in [0.717, 1.165) is 11.1 Å². The average Bonchev–Trinajstić information content (AvgIpc) is 3.35. The Balaban J connectivity index is 1.65. The molecule has 0 fully saturated rings. The topological polar surface area (TPSA) is 85.7 Å². The van der Waals surface area contributed by atoms with E-state index in [0.29, 0.717) is 46.0 Å². The van der Waals surface area contributed by atoms with E-state index >= 15 is 0 Å². The number of likely N-dealkylation sites (N-methyl/N-ethyl adjacent to an activating group) is 1. The van der Waals surface area contributed by atoms with Gasteiger partial charge in [0.2, 0.25) is 11.9 Å². The van der Waals surface area contributed by atoms with Crippen LogP contribution in [0.2, 0.25) is 5.02 Å². The lowest BCUT2D eigenvalue weighted by atomic mass is 10.1. The quantitative estimate of drug-likeness (QED) is 0.302. The van der Waals surface area contributed by atoms with Crippen molar-refractivity contribution in [2.45, 2.75) is 13.8 Å². The van der Waals surface area contributed by atoms with Crippen LogP contribution in [-0.2, 0) is 4.79 Å². The molecular formula is C29H29ClN4O4. The molecule has 0 spiro atoms. The highest BCUT2D eigenvalue weighted by molar-refractivity contribution is 6.30. The van der Waals surface area contributed by atoms with Gasteiger partial charge in [-0.15, -0.1) is 0 Å². The van der Waals surface area contributed by atoms with E-state index in [1.807, 2.05) is 56.4 Å². The smallest absolute Gasteiger partial charge is 0.254 e. The normalized spacial score (nSPS) is 10.7. The number of hydrogen-bond donors (Lipinski definition) is 1. The number of methoxy groups -OCH3 is 2. The molecule has 1 aromatic heterocycles. The number of hydrogen-bond acceptors (Lipinski definition) is 5. The van der Waals surface area contributed by atoms with Crippen molar-refractivity contribution >= 4 is 29.4 Å². The molecule has 4 aromatic rings. The Labute approximate surface area is 226 Å². The highest BCUT2D eigenvalue weighted by Gasteiger charge is 2.21. The summed E-state index contributed by atoms with van der Waals surface area (Å²) in [5.41, 5.74) is 3.59. The van der Waals surface area contributed by atoms with Crippen molar-refractivity contribution in [2.24, 2.45) is 0 Å². The number of carbonyl (C=O) groups excluding carboxylic acids is 2. The zero-order valence-electron chi connectivity index (χ0n) is 21.7. The molecule has 1 N–H and O–H groups in total. The second-order valence-corrected chi connectivity index (χ2v) is 8.98. The maximum absolute atomic E-state index is 13.2. The van der Waals surface area contributed by atoms with Gasteiger partial charge in [0.1, 0.15) is 6.54 Å². The third-order valence-corrected chi connectivity index (χ3v) is 6.37. The van der Waals surface area contributed by atoms with Crippen LogP contribution in [0.15, 0.2) is 72.9 Å². The highest BCUT2D eigenvalue weighted by atomic mass is 35.5. The van der Waals surface area contributed by atoms with Gasteiger partial charge < -0.3 is 14.4 Å². The largest absolute Gasteiger partial charge is 0.493 e. The Morgan fingerprint density at radius 1 is 1.00 bits per heavy atom. The second kappa shape index (κ2) is 11.8. The summed E-state index contributed by atoms with van der Waals surface area (Å²) in [5, 5.41) is 3.49. The van der Waals surface area contributed by atoms with E-state index in [1.54, 1.807) is 49.1 Å². The molecule has 3 aromatic carbocycles. The molecule has 1 heterocycles. The number of nitrogens with one attached hydrogen (secondary N) is 1. The van der Waals surface area contributed by atoms with Gasteiger partial charge in [-0.2, -0.15) is 0 Å². The summed E-state index contributed by atoms with van der Waals surface area (Å²) in [5.74, 6) is 0.833. The molecule has 0 unspecified atom stereocenters. The first-order valence-electron chi connectivity index (χ1n) is 12.1. The summed E-state index contributed by atoms with van der Waals surface area (Å²) in [7, 11) is 3.12. The number of benzene rings is 3. The number of anilines is 1. The lowest BCUT2D eigenvalue weighted by Gasteiger charge is -2.21. The van der Waals surface area contributed by atoms with Crippen molar-refractivity contribution in [3.8, 4) is 28.4 Å². The Morgan fingerprint density at radius 3 is 2.37 bits per heavy atom. The fourth-order valence-electron chi connectivity index (χ4n) is 4.05. The van der Waals surface area contributed by atoms with Gasteiger partial charge >= 0.3 is 0 Å². The number of halogens is 1. The number of aromatic nitrogens is 2. The minimum Gasteiger partial charge on any atom is -0.493 e. The van der Waals surface area contributed by atoms with Crippen LogP contribution in [0.4, 0.5) is 5.95 Å². The number of nitrogens with zero attached hydrogens (tertiary/aromatic N) is 3. The van der Waals surface area contributed by atoms with Crippen molar-refractivity contribution in [1.29, 1.82) is 0 Å². The van der Waals surface area contributed by atoms with Crippen LogP contribution in [-0.4, -0.2) is 53.6 Å². The van der Waals surface area contributed by atoms with Gasteiger partial charge in [0.25, 0.3) is 5.91 Å². The molecule has 196 valence electrons. The second-order valence-electron chi connectivity index (χ2n) is 8.55. The third-order valence-electron chi connectivity index (χ3n) is 6.12. The molecule has 2 amide bonds. The molecule has 0 bridgehead atoms. The standard InChI is InChI=1S/C29H29ClN4O4/c1-5-33(28(36)23-9-7-6-8-19(23)2)18-27(35)32-29-31-24(20-10-12-21(30)13-11-20)17-34(29)22-14-15-25(37-3)26(16-22)38-4/h6-17H,5,18H2,1-4H3,(H,31,32,35). The van der Waals surface area contributed by atoms with E-state index in [9.17, 15) is 9.59 Å². The van der Waals surface area contributed by atoms with Gasteiger partial charge in [0.05, 0.1) is 25.6 Å². The van der Waals surface area contributed by atoms with Gasteiger partial charge in [0.15, 0.2) is 11.5 Å². The van der Waals surface area contributed by atoms with Crippen LogP contribution in [0.1, 0.15) is 22.8 Å². The summed E-state index contributed by atoms with van der Waals surface area (Å²) in [4.78, 5) is 32.5. The van der Waals surface area contributed by atoms with E-state index in [1.165, 1.54) is 4.90 Å². The van der Waals surface area contributed by atoms with Crippen molar-refractivity contribution in [3.63, 3.8) is 0 Å². The van der Waals surface area contributed by atoms with Gasteiger partial charge in [-0.05, 0) is 49.7 Å². The van der Waals surface area contributed by atoms with Crippen molar-refractivity contribution in [3.05, 3.63) is 89.1 Å². The van der Waals surface area contributed by atoms with Crippen LogP contribution < -0.4 is 14.8 Å². The third kappa shape index (κ3) is 5.81. The Morgan fingerprint density at radius 2 is 1.71 bits per heavy atom. The first kappa shape index (κ1) is 26.8. The van der Waals surface area contributed by atoms with E-state index in [4.69, 9.17) is 21.1 Å². The SMILES string of the molecule is CCN(CC(=O)Nc1nc(-c2ccc(Cl)cc2)cn1-c1ccc(OC)c(OC)c1)C(=O)c1ccccc1C. The van der Waals surface area contributed by atoms with Gasteiger partial charge in [-0.3, -0.25) is 19.5 Å². The van der Waals surface area contributed by atoms with Gasteiger partial charge in [0, 0.05) is 35.0 Å². The number of rotatable bonds is 9. The van der Waals surface area contributed by atoms with E-state index < -0.39 is 0 Å². The first-order valence-corrected chi connectivity index (χ1v) is 12.4. The highest BCUT2D eigenvalue weighted by Crippen LogP contribution is 2.32. The summed E-state index contributed by atoms with van der Waals surface area (Å²) in [6.07, 6.45) is 1.82. The predicted molar refractivity (Wildman–Crippen MR) is 149 cm³/mol. The number of aryl methyl sites for hydroxylation is 1. The first-order chi connectivity index (χ1) is 18.3. The number of amides is 2. The molecule has 0 aliphatic carbocycles. The Bertz CT molecular complexity index is 1450. The molecule has 0 aliphatic heterocycles. The monoisotopic (exact) mass is 532 g/mol. The molecule has 8 nitrogen and oxygen atoms in total. The molecule has 0 atom stereocenters. The van der Waals surface area contributed by atoms with Crippen molar-refractivity contribution in [1.82, 2.24) is 14.5 Å². The molecule has 0 saturated carbocycles. The Hall–Kier alpha value is -4.30. The predicted octanol–water partition coefficient (Wildman–Crippen LogP) is 5.62.